The highest BCUT2D eigenvalue weighted by Crippen LogP contribution is 2.22. The van der Waals surface area contributed by atoms with Gasteiger partial charge in [0.25, 0.3) is 0 Å². The summed E-state index contributed by atoms with van der Waals surface area (Å²) in [6.45, 7) is 2.30. The Balaban J connectivity index is 3.06. The van der Waals surface area contributed by atoms with Crippen LogP contribution in [0.2, 0.25) is 0 Å². The van der Waals surface area contributed by atoms with E-state index in [1.54, 1.807) is 0 Å². The summed E-state index contributed by atoms with van der Waals surface area (Å²) >= 11 is 0. The number of hydrogen-bond donors (Lipinski definition) is 0. The minimum Gasteiger partial charge on any atom is -0.238 e. The second-order valence-electron chi connectivity index (χ2n) is 10.5. The lowest BCUT2D eigenvalue weighted by Gasteiger charge is -2.04. The first-order chi connectivity index (χ1) is 17.3. The molecule has 0 bridgehead atoms. The Hall–Kier alpha value is -0.400. The Bertz CT molecular complexity index is 439. The topological polar surface area (TPSA) is 35.5 Å². The lowest BCUT2D eigenvalue weighted by atomic mass is 10.0. The van der Waals surface area contributed by atoms with Crippen LogP contribution in [0, 0.1) is 0 Å². The first-order valence-corrected chi connectivity index (χ1v) is 16.7. The normalized spacial score (nSPS) is 12.0. The minimum absolute atomic E-state index is 0.992. The van der Waals surface area contributed by atoms with Gasteiger partial charge in [0.15, 0.2) is 0 Å². The van der Waals surface area contributed by atoms with Crippen molar-refractivity contribution in [2.45, 2.75) is 180 Å². The zero-order valence-electron chi connectivity index (χ0n) is 23.9. The maximum atomic E-state index is 10.9. The van der Waals surface area contributed by atoms with Gasteiger partial charge in [-0.2, -0.15) is 0 Å². The Morgan fingerprint density at radius 3 is 1.06 bits per heavy atom. The summed E-state index contributed by atoms with van der Waals surface area (Å²) in [5, 5.41) is 0. The van der Waals surface area contributed by atoms with Crippen LogP contribution in [-0.2, 0) is 13.6 Å². The van der Waals surface area contributed by atoms with Gasteiger partial charge in [-0.3, -0.25) is 0 Å². The van der Waals surface area contributed by atoms with E-state index in [0.717, 1.165) is 6.42 Å². The standard InChI is InChI=1S/C31H62O3P/c1-3-4-5-6-7-8-9-10-11-12-13-14-15-16-17-18-19-20-21-22-23-24-25-26-27-28-29-30-31-34-35(32)33-2/h30-31H,3-29H2,1-2H3/q+1/b31-30+. The van der Waals surface area contributed by atoms with Gasteiger partial charge in [0.2, 0.25) is 0 Å². The van der Waals surface area contributed by atoms with E-state index in [9.17, 15) is 4.57 Å². The first-order valence-electron chi connectivity index (χ1n) is 15.6. The Morgan fingerprint density at radius 1 is 0.486 bits per heavy atom. The molecule has 35 heavy (non-hydrogen) atoms. The molecule has 0 spiro atoms. The van der Waals surface area contributed by atoms with Crippen molar-refractivity contribution in [1.82, 2.24) is 0 Å². The fourth-order valence-corrected chi connectivity index (χ4v) is 5.05. The molecule has 4 heteroatoms. The summed E-state index contributed by atoms with van der Waals surface area (Å²) in [6, 6.07) is 0. The maximum Gasteiger partial charge on any atom is 0.749 e. The zero-order chi connectivity index (χ0) is 25.5. The first kappa shape index (κ1) is 34.6. The van der Waals surface area contributed by atoms with Crippen molar-refractivity contribution in [3.05, 3.63) is 12.3 Å². The van der Waals surface area contributed by atoms with Crippen LogP contribution < -0.4 is 0 Å². The summed E-state index contributed by atoms with van der Waals surface area (Å²) < 4.78 is 20.3. The van der Waals surface area contributed by atoms with E-state index < -0.39 is 8.25 Å². The second kappa shape index (κ2) is 31.6. The molecule has 0 saturated heterocycles. The molecular formula is C31H62O3P+. The molecule has 0 aromatic rings. The van der Waals surface area contributed by atoms with Crippen LogP contribution in [0.25, 0.3) is 0 Å². The van der Waals surface area contributed by atoms with Gasteiger partial charge in [0, 0.05) is 4.57 Å². The fraction of sp³-hybridized carbons (Fsp3) is 0.935. The molecule has 3 nitrogen and oxygen atoms in total. The molecule has 0 fully saturated rings. The quantitative estimate of drug-likeness (QED) is 0.0544. The lowest BCUT2D eigenvalue weighted by molar-refractivity contribution is 0.326. The largest absolute Gasteiger partial charge is 0.749 e. The van der Waals surface area contributed by atoms with Crippen molar-refractivity contribution in [3.8, 4) is 0 Å². The molecule has 0 radical (unpaired) electrons. The molecule has 0 aliphatic carbocycles. The highest BCUT2D eigenvalue weighted by Gasteiger charge is 2.13. The second-order valence-corrected chi connectivity index (χ2v) is 11.5. The average Bonchev–Trinajstić information content (AvgIpc) is 2.87. The molecule has 208 valence electrons. The molecule has 0 rings (SSSR count). The van der Waals surface area contributed by atoms with Crippen LogP contribution in [0.4, 0.5) is 0 Å². The predicted molar refractivity (Wildman–Crippen MR) is 155 cm³/mol. The number of rotatable bonds is 30. The molecule has 0 heterocycles. The number of hydrogen-bond acceptors (Lipinski definition) is 3. The van der Waals surface area contributed by atoms with Crippen molar-refractivity contribution in [2.24, 2.45) is 0 Å². The van der Waals surface area contributed by atoms with E-state index in [2.05, 4.69) is 11.4 Å². The molecule has 0 aromatic carbocycles. The van der Waals surface area contributed by atoms with E-state index in [1.165, 1.54) is 180 Å². The molecule has 0 aliphatic rings. The molecule has 1 unspecified atom stereocenters. The lowest BCUT2D eigenvalue weighted by Crippen LogP contribution is -1.84. The van der Waals surface area contributed by atoms with Gasteiger partial charge in [-0.05, 0) is 18.9 Å². The monoisotopic (exact) mass is 513 g/mol. The molecule has 0 N–H and O–H groups in total. The Kier molecular flexibility index (Phi) is 31.3. The summed E-state index contributed by atoms with van der Waals surface area (Å²) in [5.74, 6) is 0. The van der Waals surface area contributed by atoms with E-state index in [-0.39, 0.29) is 0 Å². The van der Waals surface area contributed by atoms with Crippen LogP contribution >= 0.6 is 8.25 Å². The molecule has 0 aliphatic heterocycles. The van der Waals surface area contributed by atoms with Gasteiger partial charge in [0.1, 0.15) is 6.26 Å². The van der Waals surface area contributed by atoms with Crippen LogP contribution in [0.3, 0.4) is 0 Å². The van der Waals surface area contributed by atoms with Gasteiger partial charge >= 0.3 is 8.25 Å². The van der Waals surface area contributed by atoms with Gasteiger partial charge in [-0.25, -0.2) is 4.52 Å². The summed E-state index contributed by atoms with van der Waals surface area (Å²) in [6.07, 6.45) is 41.5. The van der Waals surface area contributed by atoms with Crippen LogP contribution in [0.5, 0.6) is 0 Å². The molecule has 0 saturated carbocycles. The number of unbranched alkanes of at least 4 members (excludes halogenated alkanes) is 26. The third kappa shape index (κ3) is 31.6. The van der Waals surface area contributed by atoms with E-state index in [1.807, 2.05) is 6.08 Å². The Morgan fingerprint density at radius 2 is 0.771 bits per heavy atom. The maximum absolute atomic E-state index is 10.9. The Labute approximate surface area is 221 Å². The van der Waals surface area contributed by atoms with Crippen LogP contribution in [0.1, 0.15) is 180 Å². The van der Waals surface area contributed by atoms with Gasteiger partial charge in [0.05, 0.1) is 7.11 Å². The van der Waals surface area contributed by atoms with Gasteiger partial charge in [-0.15, -0.1) is 4.52 Å². The third-order valence-corrected chi connectivity index (χ3v) is 7.71. The zero-order valence-corrected chi connectivity index (χ0v) is 24.8. The van der Waals surface area contributed by atoms with Crippen molar-refractivity contribution in [1.29, 1.82) is 0 Å². The van der Waals surface area contributed by atoms with E-state index in [4.69, 9.17) is 4.52 Å². The molecular weight excluding hydrogens is 451 g/mol. The predicted octanol–water partition coefficient (Wildman–Crippen LogP) is 12.4. The summed E-state index contributed by atoms with van der Waals surface area (Å²) in [7, 11) is -0.582. The van der Waals surface area contributed by atoms with Crippen molar-refractivity contribution in [2.75, 3.05) is 7.11 Å². The summed E-state index contributed by atoms with van der Waals surface area (Å²) in [4.78, 5) is 0. The van der Waals surface area contributed by atoms with Gasteiger partial charge < -0.3 is 0 Å². The molecule has 0 aromatic heterocycles. The molecule has 0 amide bonds. The van der Waals surface area contributed by atoms with Gasteiger partial charge in [-0.1, -0.05) is 167 Å². The van der Waals surface area contributed by atoms with Crippen LogP contribution in [-0.4, -0.2) is 7.11 Å². The summed E-state index contributed by atoms with van der Waals surface area (Å²) in [5.41, 5.74) is 0. The fourth-order valence-electron chi connectivity index (χ4n) is 4.78. The average molecular weight is 514 g/mol. The van der Waals surface area contributed by atoms with E-state index in [0.29, 0.717) is 0 Å². The van der Waals surface area contributed by atoms with Crippen LogP contribution in [0.15, 0.2) is 12.3 Å². The van der Waals surface area contributed by atoms with Crippen molar-refractivity contribution in [3.63, 3.8) is 0 Å². The minimum atomic E-state index is -1.97. The highest BCUT2D eigenvalue weighted by atomic mass is 31.1. The van der Waals surface area contributed by atoms with Crippen molar-refractivity contribution >= 4 is 8.25 Å². The number of allylic oxidation sites excluding steroid dienone is 1. The molecule has 1 atom stereocenters. The SMILES string of the molecule is CCCCCCCCCCCCCCCCCCCCCCCCCCCC/C=C/O[P+](=O)OC. The third-order valence-electron chi connectivity index (χ3n) is 7.12. The van der Waals surface area contributed by atoms with Crippen molar-refractivity contribution < 1.29 is 13.6 Å². The smallest absolute Gasteiger partial charge is 0.238 e. The highest BCUT2D eigenvalue weighted by molar-refractivity contribution is 7.33. The van der Waals surface area contributed by atoms with E-state index >= 15 is 0 Å².